The third-order valence-corrected chi connectivity index (χ3v) is 5.35. The molecule has 0 atom stereocenters. The highest BCUT2D eigenvalue weighted by atomic mass is 79.9. The average molecular weight is 425 g/mol. The van der Waals surface area contributed by atoms with Gasteiger partial charge in [0.2, 0.25) is 0 Å². The predicted molar refractivity (Wildman–Crippen MR) is 120 cm³/mol. The molecule has 4 aromatic carbocycles. The number of rotatable bonds is 3. The lowest BCUT2D eigenvalue weighted by atomic mass is 10.1. The molecule has 0 fully saturated rings. The minimum Gasteiger partial charge on any atom is -0.292 e. The van der Waals surface area contributed by atoms with E-state index in [9.17, 15) is 0 Å². The van der Waals surface area contributed by atoms with Crippen molar-refractivity contribution in [1.82, 2.24) is 9.55 Å². The first kappa shape index (κ1) is 17.0. The Balaban J connectivity index is 1.78. The molecule has 28 heavy (non-hydrogen) atoms. The van der Waals surface area contributed by atoms with Gasteiger partial charge in [-0.2, -0.15) is 0 Å². The topological polar surface area (TPSA) is 17.8 Å². The van der Waals surface area contributed by atoms with Gasteiger partial charge in [0.25, 0.3) is 0 Å². The normalized spacial score (nSPS) is 11.0. The fourth-order valence-electron chi connectivity index (χ4n) is 3.55. The van der Waals surface area contributed by atoms with Crippen LogP contribution in [0.25, 0.3) is 39.2 Å². The van der Waals surface area contributed by atoms with Crippen LogP contribution >= 0.6 is 15.9 Å². The van der Waals surface area contributed by atoms with Gasteiger partial charge in [0.05, 0.1) is 11.0 Å². The minimum atomic E-state index is 0.943. The third-order valence-electron chi connectivity index (χ3n) is 4.86. The maximum Gasteiger partial charge on any atom is 0.145 e. The second kappa shape index (κ2) is 7.10. The monoisotopic (exact) mass is 424 g/mol. The smallest absolute Gasteiger partial charge is 0.145 e. The van der Waals surface area contributed by atoms with E-state index < -0.39 is 0 Å². The minimum absolute atomic E-state index is 0.943. The van der Waals surface area contributed by atoms with Gasteiger partial charge in [-0.25, -0.2) is 4.98 Å². The van der Waals surface area contributed by atoms with E-state index >= 15 is 0 Å². The second-order valence-corrected chi connectivity index (χ2v) is 7.60. The summed E-state index contributed by atoms with van der Waals surface area (Å²) >= 11 is 3.60. The summed E-state index contributed by atoms with van der Waals surface area (Å²) in [6.07, 6.45) is 0. The summed E-state index contributed by atoms with van der Waals surface area (Å²) in [4.78, 5) is 5.02. The predicted octanol–water partition coefficient (Wildman–Crippen LogP) is 7.12. The Labute approximate surface area is 172 Å². The summed E-state index contributed by atoms with van der Waals surface area (Å²) in [6.45, 7) is 0. The Hall–Kier alpha value is -3.17. The Morgan fingerprint density at radius 2 is 1.32 bits per heavy atom. The maximum absolute atomic E-state index is 5.02. The van der Waals surface area contributed by atoms with Crippen molar-refractivity contribution in [2.24, 2.45) is 0 Å². The van der Waals surface area contributed by atoms with Gasteiger partial charge in [-0.1, -0.05) is 88.7 Å². The highest BCUT2D eigenvalue weighted by Crippen LogP contribution is 2.32. The Morgan fingerprint density at radius 1 is 0.607 bits per heavy atom. The molecule has 1 aromatic heterocycles. The van der Waals surface area contributed by atoms with Crippen LogP contribution in [0.2, 0.25) is 0 Å². The fraction of sp³-hybridized carbons (Fsp3) is 0. The molecule has 134 valence electrons. The van der Waals surface area contributed by atoms with Crippen LogP contribution in [0.1, 0.15) is 0 Å². The van der Waals surface area contributed by atoms with Crippen LogP contribution < -0.4 is 0 Å². The highest BCUT2D eigenvalue weighted by Gasteiger charge is 2.15. The second-order valence-electron chi connectivity index (χ2n) is 6.69. The zero-order valence-electron chi connectivity index (χ0n) is 15.1. The summed E-state index contributed by atoms with van der Waals surface area (Å²) in [7, 11) is 0. The number of aromatic nitrogens is 2. The lowest BCUT2D eigenvalue weighted by Crippen LogP contribution is -1.97. The van der Waals surface area contributed by atoms with Gasteiger partial charge in [0, 0.05) is 15.7 Å². The van der Waals surface area contributed by atoms with Gasteiger partial charge in [-0.3, -0.25) is 4.57 Å². The van der Waals surface area contributed by atoms with Crippen molar-refractivity contribution >= 4 is 27.0 Å². The number of fused-ring (bicyclic) bond motifs is 1. The molecule has 0 saturated carbocycles. The van der Waals surface area contributed by atoms with E-state index in [0.717, 1.165) is 32.6 Å². The zero-order valence-corrected chi connectivity index (χ0v) is 16.7. The number of imidazole rings is 1. The van der Waals surface area contributed by atoms with Crippen LogP contribution in [0.4, 0.5) is 0 Å². The summed E-state index contributed by atoms with van der Waals surface area (Å²) in [5.74, 6) is 0.943. The average Bonchev–Trinajstić information content (AvgIpc) is 3.14. The number of nitrogens with zero attached hydrogens (tertiary/aromatic N) is 2. The number of hydrogen-bond donors (Lipinski definition) is 0. The van der Waals surface area contributed by atoms with Crippen molar-refractivity contribution in [2.45, 2.75) is 0 Å². The summed E-state index contributed by atoms with van der Waals surface area (Å²) in [5.41, 5.74) is 6.63. The van der Waals surface area contributed by atoms with Gasteiger partial charge in [-0.15, -0.1) is 0 Å². The van der Waals surface area contributed by atoms with Gasteiger partial charge in [0.15, 0.2) is 0 Å². The molecule has 0 saturated heterocycles. The van der Waals surface area contributed by atoms with Crippen LogP contribution in [-0.2, 0) is 0 Å². The number of benzene rings is 4. The Morgan fingerprint density at radius 3 is 2.04 bits per heavy atom. The van der Waals surface area contributed by atoms with Crippen molar-refractivity contribution in [3.05, 3.63) is 108 Å². The quantitative estimate of drug-likeness (QED) is 0.301. The molecule has 0 radical (unpaired) electrons. The lowest BCUT2D eigenvalue weighted by molar-refractivity contribution is 1.10. The van der Waals surface area contributed by atoms with Crippen molar-refractivity contribution < 1.29 is 0 Å². The van der Waals surface area contributed by atoms with E-state index in [2.05, 4.69) is 105 Å². The molecule has 5 rings (SSSR count). The van der Waals surface area contributed by atoms with Crippen molar-refractivity contribution in [3.8, 4) is 28.2 Å². The van der Waals surface area contributed by atoms with E-state index in [1.54, 1.807) is 0 Å². The summed E-state index contributed by atoms with van der Waals surface area (Å²) in [6, 6.07) is 35.6. The van der Waals surface area contributed by atoms with E-state index in [1.165, 1.54) is 11.1 Å². The first-order valence-corrected chi connectivity index (χ1v) is 9.98. The molecular weight excluding hydrogens is 408 g/mol. The SMILES string of the molecule is Brc1cccc(-n2c(-c3ccccc3)nc3cc(-c4ccccc4)ccc32)c1. The molecule has 0 spiro atoms. The summed E-state index contributed by atoms with van der Waals surface area (Å²) in [5, 5.41) is 0. The Bertz CT molecular complexity index is 1260. The Kier molecular flexibility index (Phi) is 4.30. The molecule has 0 unspecified atom stereocenters. The van der Waals surface area contributed by atoms with E-state index in [4.69, 9.17) is 4.98 Å². The number of hydrogen-bond acceptors (Lipinski definition) is 1. The highest BCUT2D eigenvalue weighted by molar-refractivity contribution is 9.10. The molecule has 0 bridgehead atoms. The van der Waals surface area contributed by atoms with Crippen LogP contribution in [0.15, 0.2) is 108 Å². The van der Waals surface area contributed by atoms with Gasteiger partial charge < -0.3 is 0 Å². The molecule has 1 heterocycles. The van der Waals surface area contributed by atoms with E-state index in [-0.39, 0.29) is 0 Å². The maximum atomic E-state index is 5.02. The molecule has 3 heteroatoms. The zero-order chi connectivity index (χ0) is 18.9. The largest absolute Gasteiger partial charge is 0.292 e. The van der Waals surface area contributed by atoms with Crippen LogP contribution in [0.5, 0.6) is 0 Å². The first-order chi connectivity index (χ1) is 13.8. The molecule has 2 nitrogen and oxygen atoms in total. The van der Waals surface area contributed by atoms with Crippen LogP contribution in [0.3, 0.4) is 0 Å². The summed E-state index contributed by atoms with van der Waals surface area (Å²) < 4.78 is 3.27. The first-order valence-electron chi connectivity index (χ1n) is 9.19. The molecular formula is C25H17BrN2. The van der Waals surface area contributed by atoms with Crippen LogP contribution in [-0.4, -0.2) is 9.55 Å². The van der Waals surface area contributed by atoms with Gasteiger partial charge >= 0.3 is 0 Å². The van der Waals surface area contributed by atoms with Crippen molar-refractivity contribution in [3.63, 3.8) is 0 Å². The standard InChI is InChI=1S/C25H17BrN2/c26-21-12-7-13-22(17-21)28-24-15-14-20(18-8-3-1-4-9-18)16-23(24)27-25(28)19-10-5-2-6-11-19/h1-17H. The molecule has 0 aliphatic heterocycles. The third kappa shape index (κ3) is 3.04. The van der Waals surface area contributed by atoms with E-state index in [1.807, 2.05) is 18.2 Å². The van der Waals surface area contributed by atoms with Crippen LogP contribution in [0, 0.1) is 0 Å². The lowest BCUT2D eigenvalue weighted by Gasteiger charge is -2.10. The number of halogens is 1. The molecule has 0 aliphatic carbocycles. The molecule has 0 aliphatic rings. The fourth-order valence-corrected chi connectivity index (χ4v) is 3.94. The van der Waals surface area contributed by atoms with Crippen molar-refractivity contribution in [2.75, 3.05) is 0 Å². The molecule has 5 aromatic rings. The van der Waals surface area contributed by atoms with Gasteiger partial charge in [0.1, 0.15) is 5.82 Å². The molecule has 0 amide bonds. The van der Waals surface area contributed by atoms with Crippen molar-refractivity contribution in [1.29, 1.82) is 0 Å². The van der Waals surface area contributed by atoms with E-state index in [0.29, 0.717) is 0 Å². The molecule has 0 N–H and O–H groups in total. The van der Waals surface area contributed by atoms with Gasteiger partial charge in [-0.05, 0) is 41.5 Å².